The molecule has 1 fully saturated rings. The summed E-state index contributed by atoms with van der Waals surface area (Å²) in [6.07, 6.45) is 0. The van der Waals surface area contributed by atoms with Crippen LogP contribution in [0.5, 0.6) is 5.75 Å². The minimum absolute atomic E-state index is 0.0991. The molecule has 2 rings (SSSR count). The van der Waals surface area contributed by atoms with Crippen LogP contribution in [-0.2, 0) is 4.74 Å². The van der Waals surface area contributed by atoms with Crippen LogP contribution in [0, 0.1) is 0 Å². The molecule has 1 heterocycles. The number of rotatable bonds is 5. The number of nitrogens with two attached hydrogens (primary N) is 1. The van der Waals surface area contributed by atoms with Crippen molar-refractivity contribution in [2.75, 3.05) is 45.2 Å². The number of anilines is 1. The van der Waals surface area contributed by atoms with Crippen molar-refractivity contribution in [3.8, 4) is 5.75 Å². The van der Waals surface area contributed by atoms with Gasteiger partial charge in [-0.15, -0.1) is 0 Å². The molecule has 19 heavy (non-hydrogen) atoms. The van der Waals surface area contributed by atoms with Crippen molar-refractivity contribution in [1.82, 2.24) is 4.90 Å². The molecule has 1 aliphatic heterocycles. The lowest BCUT2D eigenvalue weighted by Crippen LogP contribution is -2.38. The molecule has 0 aromatic heterocycles. The summed E-state index contributed by atoms with van der Waals surface area (Å²) < 4.78 is 10.8. The van der Waals surface area contributed by atoms with Crippen molar-refractivity contribution < 1.29 is 19.4 Å². The standard InChI is InChI=1S/C13H18N2O4/c14-11-3-1-2-10(13(16)17)12(11)19-9-6-15-4-7-18-8-5-15/h1-3H,4-9,14H2,(H,16,17). The number of ether oxygens (including phenoxy) is 2. The summed E-state index contributed by atoms with van der Waals surface area (Å²) in [6, 6.07) is 4.73. The highest BCUT2D eigenvalue weighted by Gasteiger charge is 2.15. The first-order valence-electron chi connectivity index (χ1n) is 6.23. The Labute approximate surface area is 111 Å². The zero-order chi connectivity index (χ0) is 13.7. The number of hydrogen-bond acceptors (Lipinski definition) is 5. The predicted molar refractivity (Wildman–Crippen MR) is 70.6 cm³/mol. The molecule has 3 N–H and O–H groups in total. The summed E-state index contributed by atoms with van der Waals surface area (Å²) in [6.45, 7) is 4.35. The Bertz CT molecular complexity index is 444. The minimum Gasteiger partial charge on any atom is -0.489 e. The largest absolute Gasteiger partial charge is 0.489 e. The number of carboxylic acid groups (broad SMARTS) is 1. The highest BCUT2D eigenvalue weighted by atomic mass is 16.5. The van der Waals surface area contributed by atoms with Gasteiger partial charge in [-0.3, -0.25) is 4.90 Å². The van der Waals surface area contributed by atoms with Crippen LogP contribution in [0.15, 0.2) is 18.2 Å². The van der Waals surface area contributed by atoms with E-state index in [2.05, 4.69) is 4.90 Å². The van der Waals surface area contributed by atoms with E-state index in [1.807, 2.05) is 0 Å². The van der Waals surface area contributed by atoms with Crippen molar-refractivity contribution >= 4 is 11.7 Å². The molecule has 1 aromatic carbocycles. The number of aromatic carboxylic acids is 1. The van der Waals surface area contributed by atoms with E-state index in [1.54, 1.807) is 12.1 Å². The van der Waals surface area contributed by atoms with Crippen molar-refractivity contribution in [3.63, 3.8) is 0 Å². The van der Waals surface area contributed by atoms with Crippen LogP contribution in [0.2, 0.25) is 0 Å². The third-order valence-electron chi connectivity index (χ3n) is 3.03. The molecule has 0 radical (unpaired) electrons. The van der Waals surface area contributed by atoms with Crippen molar-refractivity contribution in [2.24, 2.45) is 0 Å². The smallest absolute Gasteiger partial charge is 0.339 e. The Morgan fingerprint density at radius 3 is 2.84 bits per heavy atom. The predicted octanol–water partition coefficient (Wildman–Crippen LogP) is 0.678. The van der Waals surface area contributed by atoms with E-state index in [-0.39, 0.29) is 11.3 Å². The Kier molecular flexibility index (Phi) is 4.59. The van der Waals surface area contributed by atoms with Gasteiger partial charge in [-0.2, -0.15) is 0 Å². The number of morpholine rings is 1. The monoisotopic (exact) mass is 266 g/mol. The van der Waals surface area contributed by atoms with Crippen LogP contribution in [0.1, 0.15) is 10.4 Å². The van der Waals surface area contributed by atoms with Gasteiger partial charge in [0, 0.05) is 19.6 Å². The van der Waals surface area contributed by atoms with Gasteiger partial charge in [0.2, 0.25) is 0 Å². The van der Waals surface area contributed by atoms with Crippen LogP contribution in [0.25, 0.3) is 0 Å². The van der Waals surface area contributed by atoms with Crippen molar-refractivity contribution in [3.05, 3.63) is 23.8 Å². The zero-order valence-electron chi connectivity index (χ0n) is 10.7. The van der Waals surface area contributed by atoms with E-state index >= 15 is 0 Å². The number of nitrogen functional groups attached to an aromatic ring is 1. The average molecular weight is 266 g/mol. The lowest BCUT2D eigenvalue weighted by atomic mass is 10.2. The summed E-state index contributed by atoms with van der Waals surface area (Å²) in [4.78, 5) is 13.3. The molecular formula is C13H18N2O4. The molecule has 6 heteroatoms. The number of nitrogens with zero attached hydrogens (tertiary/aromatic N) is 1. The van der Waals surface area contributed by atoms with Gasteiger partial charge < -0.3 is 20.3 Å². The molecule has 0 saturated carbocycles. The first-order valence-corrected chi connectivity index (χ1v) is 6.23. The molecule has 1 aliphatic rings. The van der Waals surface area contributed by atoms with Gasteiger partial charge in [0.25, 0.3) is 0 Å². The SMILES string of the molecule is Nc1cccc(C(=O)O)c1OCCN1CCOCC1. The lowest BCUT2D eigenvalue weighted by molar-refractivity contribution is 0.0322. The normalized spacial score (nSPS) is 16.2. The summed E-state index contributed by atoms with van der Waals surface area (Å²) in [5.74, 6) is -0.781. The van der Waals surface area contributed by atoms with E-state index in [0.717, 1.165) is 32.8 Å². The molecule has 1 saturated heterocycles. The third kappa shape index (κ3) is 3.59. The zero-order valence-corrected chi connectivity index (χ0v) is 10.7. The van der Waals surface area contributed by atoms with Gasteiger partial charge in [-0.05, 0) is 12.1 Å². The Balaban J connectivity index is 1.93. The van der Waals surface area contributed by atoms with Gasteiger partial charge in [0.15, 0.2) is 5.75 Å². The molecule has 0 unspecified atom stereocenters. The third-order valence-corrected chi connectivity index (χ3v) is 3.03. The fourth-order valence-electron chi connectivity index (χ4n) is 1.99. The maximum atomic E-state index is 11.1. The van der Waals surface area contributed by atoms with Gasteiger partial charge in [-0.1, -0.05) is 6.07 Å². The Hall–Kier alpha value is -1.79. The second-order valence-corrected chi connectivity index (χ2v) is 4.33. The number of para-hydroxylation sites is 1. The van der Waals surface area contributed by atoms with E-state index in [0.29, 0.717) is 12.3 Å². The van der Waals surface area contributed by atoms with Gasteiger partial charge in [0.05, 0.1) is 18.9 Å². The van der Waals surface area contributed by atoms with Crippen molar-refractivity contribution in [1.29, 1.82) is 0 Å². The maximum absolute atomic E-state index is 11.1. The first-order chi connectivity index (χ1) is 9.18. The lowest BCUT2D eigenvalue weighted by Gasteiger charge is -2.26. The highest BCUT2D eigenvalue weighted by molar-refractivity contribution is 5.93. The second-order valence-electron chi connectivity index (χ2n) is 4.33. The van der Waals surface area contributed by atoms with Crippen LogP contribution >= 0.6 is 0 Å². The molecule has 0 aliphatic carbocycles. The minimum atomic E-state index is -1.03. The molecule has 0 spiro atoms. The molecule has 0 atom stereocenters. The Morgan fingerprint density at radius 1 is 1.42 bits per heavy atom. The Morgan fingerprint density at radius 2 is 2.16 bits per heavy atom. The van der Waals surface area contributed by atoms with E-state index < -0.39 is 5.97 Å². The molecule has 0 amide bonds. The molecule has 6 nitrogen and oxygen atoms in total. The maximum Gasteiger partial charge on any atom is 0.339 e. The molecular weight excluding hydrogens is 248 g/mol. The number of carbonyl (C=O) groups is 1. The summed E-state index contributed by atoms with van der Waals surface area (Å²) >= 11 is 0. The summed E-state index contributed by atoms with van der Waals surface area (Å²) in [7, 11) is 0. The van der Waals surface area contributed by atoms with Crippen molar-refractivity contribution in [2.45, 2.75) is 0 Å². The van der Waals surface area contributed by atoms with Gasteiger partial charge >= 0.3 is 5.97 Å². The number of hydrogen-bond donors (Lipinski definition) is 2. The fourth-order valence-corrected chi connectivity index (χ4v) is 1.99. The number of benzene rings is 1. The van der Waals surface area contributed by atoms with Gasteiger partial charge in [0.1, 0.15) is 12.2 Å². The topological polar surface area (TPSA) is 85.0 Å². The van der Waals surface area contributed by atoms with Crippen LogP contribution in [0.4, 0.5) is 5.69 Å². The molecule has 0 bridgehead atoms. The summed E-state index contributed by atoms with van der Waals surface area (Å²) in [5.41, 5.74) is 6.20. The van der Waals surface area contributed by atoms with Crippen LogP contribution in [0.3, 0.4) is 0 Å². The molecule has 104 valence electrons. The first kappa shape index (κ1) is 13.6. The number of carboxylic acids is 1. The fraction of sp³-hybridized carbons (Fsp3) is 0.462. The van der Waals surface area contributed by atoms with Gasteiger partial charge in [-0.25, -0.2) is 4.79 Å². The molecule has 1 aromatic rings. The van der Waals surface area contributed by atoms with E-state index in [4.69, 9.17) is 20.3 Å². The van der Waals surface area contributed by atoms with E-state index in [1.165, 1.54) is 6.07 Å². The summed E-state index contributed by atoms with van der Waals surface area (Å²) in [5, 5.41) is 9.08. The van der Waals surface area contributed by atoms with Crippen LogP contribution in [-0.4, -0.2) is 55.4 Å². The second kappa shape index (κ2) is 6.40. The van der Waals surface area contributed by atoms with E-state index in [9.17, 15) is 4.79 Å². The average Bonchev–Trinajstić information content (AvgIpc) is 2.41. The highest BCUT2D eigenvalue weighted by Crippen LogP contribution is 2.26. The van der Waals surface area contributed by atoms with Crippen LogP contribution < -0.4 is 10.5 Å². The quantitative estimate of drug-likeness (QED) is 0.762.